The molecule has 3 N–H and O–H groups in total. The fourth-order valence-electron chi connectivity index (χ4n) is 0.637. The Morgan fingerprint density at radius 3 is 2.58 bits per heavy atom. The number of nitrogens with one attached hydrogen (secondary N) is 1. The highest BCUT2D eigenvalue weighted by Crippen LogP contribution is 2.11. The molecule has 1 heterocycles. The Kier molecular flexibility index (Phi) is 2.18. The number of aromatic amines is 1. The van der Waals surface area contributed by atoms with E-state index in [1.165, 1.54) is 0 Å². The molecule has 0 amide bonds. The zero-order chi connectivity index (χ0) is 9.35. The molecule has 0 atom stereocenters. The summed E-state index contributed by atoms with van der Waals surface area (Å²) in [6.45, 7) is 0. The second-order valence-corrected chi connectivity index (χ2v) is 3.79. The Labute approximate surface area is 72.8 Å². The van der Waals surface area contributed by atoms with E-state index in [-0.39, 0.29) is 5.69 Å². The van der Waals surface area contributed by atoms with Crippen molar-refractivity contribution in [3.05, 3.63) is 11.9 Å². The largest absolute Gasteiger partial charge is 0.284 e. The SMILES string of the molecule is NS(=O)(=O)c1c[nH]nc1C(=O)Cl. The Balaban J connectivity index is 3.36. The van der Waals surface area contributed by atoms with Crippen LogP contribution in [0.4, 0.5) is 0 Å². The van der Waals surface area contributed by atoms with Gasteiger partial charge in [-0.15, -0.1) is 0 Å². The zero-order valence-corrected chi connectivity index (χ0v) is 7.19. The first-order valence-corrected chi connectivity index (χ1v) is 4.62. The van der Waals surface area contributed by atoms with Crippen LogP contribution in [0.2, 0.25) is 0 Å². The summed E-state index contributed by atoms with van der Waals surface area (Å²) in [5.74, 6) is 0. The molecule has 1 aromatic rings. The summed E-state index contributed by atoms with van der Waals surface area (Å²) in [4.78, 5) is 10.1. The molecule has 1 aromatic heterocycles. The van der Waals surface area contributed by atoms with Gasteiger partial charge < -0.3 is 0 Å². The third-order valence-electron chi connectivity index (χ3n) is 1.10. The third-order valence-corrected chi connectivity index (χ3v) is 2.20. The van der Waals surface area contributed by atoms with Crippen molar-refractivity contribution in [2.24, 2.45) is 5.14 Å². The van der Waals surface area contributed by atoms with Crippen LogP contribution >= 0.6 is 11.6 Å². The van der Waals surface area contributed by atoms with Crippen LogP contribution in [0, 0.1) is 0 Å². The number of carbonyl (C=O) groups excluding carboxylic acids is 1. The van der Waals surface area contributed by atoms with Crippen molar-refractivity contribution >= 4 is 26.9 Å². The first kappa shape index (κ1) is 9.17. The highest BCUT2D eigenvalue weighted by Gasteiger charge is 2.20. The Hall–Kier alpha value is -0.920. The normalized spacial score (nSPS) is 11.5. The van der Waals surface area contributed by atoms with E-state index in [4.69, 9.17) is 16.7 Å². The standard InChI is InChI=1S/C4H4ClN3O3S/c5-4(9)3-2(1-7-8-3)12(6,10)11/h1H,(H,7,8)(H2,6,10,11). The quantitative estimate of drug-likeness (QED) is 0.637. The van der Waals surface area contributed by atoms with Gasteiger partial charge in [-0.05, 0) is 11.6 Å². The van der Waals surface area contributed by atoms with Gasteiger partial charge in [0.25, 0.3) is 5.24 Å². The molecule has 8 heteroatoms. The minimum atomic E-state index is -3.93. The van der Waals surface area contributed by atoms with E-state index in [0.717, 1.165) is 6.20 Å². The van der Waals surface area contributed by atoms with E-state index in [9.17, 15) is 13.2 Å². The Morgan fingerprint density at radius 1 is 1.67 bits per heavy atom. The summed E-state index contributed by atoms with van der Waals surface area (Å²) in [5, 5.41) is 9.26. The van der Waals surface area contributed by atoms with Crippen molar-refractivity contribution in [3.63, 3.8) is 0 Å². The molecule has 0 fully saturated rings. The molecule has 0 aromatic carbocycles. The van der Waals surface area contributed by atoms with Crippen molar-refractivity contribution in [3.8, 4) is 0 Å². The molecule has 1 rings (SSSR count). The predicted molar refractivity (Wildman–Crippen MR) is 40.1 cm³/mol. The van der Waals surface area contributed by atoms with Gasteiger partial charge >= 0.3 is 0 Å². The van der Waals surface area contributed by atoms with Gasteiger partial charge in [-0.3, -0.25) is 9.89 Å². The van der Waals surface area contributed by atoms with Crippen molar-refractivity contribution in [2.45, 2.75) is 4.90 Å². The molecule has 6 nitrogen and oxygen atoms in total. The molecule has 0 aliphatic carbocycles. The van der Waals surface area contributed by atoms with Gasteiger partial charge in [0.15, 0.2) is 5.69 Å². The first-order valence-electron chi connectivity index (χ1n) is 2.69. The minimum Gasteiger partial charge on any atom is -0.284 e. The van der Waals surface area contributed by atoms with E-state index >= 15 is 0 Å². The average molecular weight is 210 g/mol. The number of rotatable bonds is 2. The maximum Gasteiger partial charge on any atom is 0.274 e. The van der Waals surface area contributed by atoms with Gasteiger partial charge in [-0.25, -0.2) is 13.6 Å². The number of nitrogens with zero attached hydrogens (tertiary/aromatic N) is 1. The van der Waals surface area contributed by atoms with Crippen LogP contribution in [-0.2, 0) is 10.0 Å². The van der Waals surface area contributed by atoms with Crippen LogP contribution in [0.1, 0.15) is 10.5 Å². The van der Waals surface area contributed by atoms with Gasteiger partial charge in [0.2, 0.25) is 10.0 Å². The number of H-pyrrole nitrogens is 1. The van der Waals surface area contributed by atoms with Crippen LogP contribution in [0.3, 0.4) is 0 Å². The van der Waals surface area contributed by atoms with Crippen molar-refractivity contribution in [1.82, 2.24) is 10.2 Å². The van der Waals surface area contributed by atoms with E-state index in [2.05, 4.69) is 10.2 Å². The van der Waals surface area contributed by atoms with E-state index < -0.39 is 20.2 Å². The summed E-state index contributed by atoms with van der Waals surface area (Å²) < 4.78 is 21.5. The number of halogens is 1. The second kappa shape index (κ2) is 2.85. The lowest BCUT2D eigenvalue weighted by molar-refractivity contribution is 0.107. The number of hydrogen-bond acceptors (Lipinski definition) is 4. The van der Waals surface area contributed by atoms with Gasteiger partial charge in [0, 0.05) is 6.20 Å². The molecule has 0 aliphatic heterocycles. The number of aromatic nitrogens is 2. The van der Waals surface area contributed by atoms with Gasteiger partial charge in [-0.1, -0.05) is 0 Å². The fraction of sp³-hybridized carbons (Fsp3) is 0. The molecule has 0 unspecified atom stereocenters. The summed E-state index contributed by atoms with van der Waals surface area (Å²) in [7, 11) is -3.93. The summed E-state index contributed by atoms with van der Waals surface area (Å²) in [6.07, 6.45) is 0.991. The van der Waals surface area contributed by atoms with Crippen molar-refractivity contribution < 1.29 is 13.2 Å². The zero-order valence-electron chi connectivity index (χ0n) is 5.61. The Morgan fingerprint density at radius 2 is 2.25 bits per heavy atom. The monoisotopic (exact) mass is 209 g/mol. The van der Waals surface area contributed by atoms with E-state index in [1.54, 1.807) is 0 Å². The fourth-order valence-corrected chi connectivity index (χ4v) is 1.46. The van der Waals surface area contributed by atoms with Crippen LogP contribution in [0.15, 0.2) is 11.1 Å². The molecule has 0 radical (unpaired) electrons. The second-order valence-electron chi connectivity index (χ2n) is 1.92. The highest BCUT2D eigenvalue weighted by molar-refractivity contribution is 7.89. The molecule has 0 saturated carbocycles. The Bertz CT molecular complexity index is 409. The average Bonchev–Trinajstić information content (AvgIpc) is 2.30. The lowest BCUT2D eigenvalue weighted by Crippen LogP contribution is -2.14. The lowest BCUT2D eigenvalue weighted by atomic mass is 10.5. The molecule has 0 bridgehead atoms. The molecular formula is C4H4ClN3O3S. The topological polar surface area (TPSA) is 106 Å². The van der Waals surface area contributed by atoms with Crippen LogP contribution in [-0.4, -0.2) is 23.9 Å². The predicted octanol–water partition coefficient (Wildman–Crippen LogP) is -0.564. The van der Waals surface area contributed by atoms with Crippen molar-refractivity contribution in [1.29, 1.82) is 0 Å². The maximum absolute atomic E-state index is 10.7. The van der Waals surface area contributed by atoms with E-state index in [1.807, 2.05) is 0 Å². The smallest absolute Gasteiger partial charge is 0.274 e. The van der Waals surface area contributed by atoms with Crippen LogP contribution in [0.25, 0.3) is 0 Å². The number of carbonyl (C=O) groups is 1. The highest BCUT2D eigenvalue weighted by atomic mass is 35.5. The van der Waals surface area contributed by atoms with Crippen LogP contribution < -0.4 is 5.14 Å². The number of hydrogen-bond donors (Lipinski definition) is 2. The molecular weight excluding hydrogens is 206 g/mol. The lowest BCUT2D eigenvalue weighted by Gasteiger charge is -1.92. The molecule has 0 saturated heterocycles. The summed E-state index contributed by atoms with van der Waals surface area (Å²) in [6, 6.07) is 0. The van der Waals surface area contributed by atoms with Gasteiger partial charge in [0.05, 0.1) is 0 Å². The van der Waals surface area contributed by atoms with Crippen molar-refractivity contribution in [2.75, 3.05) is 0 Å². The molecule has 12 heavy (non-hydrogen) atoms. The summed E-state index contributed by atoms with van der Waals surface area (Å²) >= 11 is 5.01. The van der Waals surface area contributed by atoms with E-state index in [0.29, 0.717) is 0 Å². The molecule has 0 aliphatic rings. The first-order chi connectivity index (χ1) is 5.43. The minimum absolute atomic E-state index is 0.390. The maximum atomic E-state index is 10.7. The molecule has 0 spiro atoms. The van der Waals surface area contributed by atoms with Gasteiger partial charge in [-0.2, -0.15) is 5.10 Å². The van der Waals surface area contributed by atoms with Gasteiger partial charge in [0.1, 0.15) is 4.90 Å². The van der Waals surface area contributed by atoms with Crippen LogP contribution in [0.5, 0.6) is 0 Å². The number of nitrogens with two attached hydrogens (primary N) is 1. The summed E-state index contributed by atoms with van der Waals surface area (Å²) in [5.41, 5.74) is -0.390. The number of primary sulfonamides is 1. The third kappa shape index (κ3) is 1.63. The molecule has 66 valence electrons. The number of sulfonamides is 1.